The van der Waals surface area contributed by atoms with Crippen LogP contribution in [0.2, 0.25) is 15.5 Å². The second kappa shape index (κ2) is 9.21. The van der Waals surface area contributed by atoms with Crippen LogP contribution in [0.15, 0.2) is 0 Å². The fraction of sp³-hybridized carbons (Fsp3) is 0.960. The maximum Gasteiger partial charge on any atom is 0.293 e. The van der Waals surface area contributed by atoms with E-state index in [4.69, 9.17) is 0 Å². The van der Waals surface area contributed by atoms with Crippen LogP contribution in [0.3, 0.4) is 0 Å². The number of aliphatic hydroxyl groups excluding tert-OH is 2. The summed E-state index contributed by atoms with van der Waals surface area (Å²) in [7, 11) is 15.4. The fourth-order valence-corrected chi connectivity index (χ4v) is 9.93. The van der Waals surface area contributed by atoms with E-state index in [1.54, 1.807) is 0 Å². The molecule has 0 spiro atoms. The van der Waals surface area contributed by atoms with E-state index in [2.05, 4.69) is 53.1 Å². The van der Waals surface area contributed by atoms with E-state index >= 15 is 0 Å². The Kier molecular flexibility index (Phi) is 7.38. The van der Waals surface area contributed by atoms with Crippen LogP contribution in [0.25, 0.3) is 0 Å². The number of carboxylic acids is 1. The molecule has 0 bridgehead atoms. The number of fused-ring (bicyclic) bond motifs is 5. The Bertz CT molecular complexity index is 864. The molecule has 0 aromatic carbocycles. The van der Waals surface area contributed by atoms with Gasteiger partial charge in [-0.2, -0.15) is 0 Å². The third-order valence-electron chi connectivity index (χ3n) is 13.4. The molecule has 10 atom stereocenters. The lowest BCUT2D eigenvalue weighted by atomic mass is 9.18. The molecule has 4 aliphatic carbocycles. The van der Waals surface area contributed by atoms with Crippen molar-refractivity contribution in [2.24, 2.45) is 46.3 Å². The summed E-state index contributed by atoms with van der Waals surface area (Å²) in [5, 5.41) is 32.2. The van der Waals surface area contributed by atoms with E-state index < -0.39 is 11.2 Å². The van der Waals surface area contributed by atoms with Gasteiger partial charge in [-0.25, -0.2) is 0 Å². The molecule has 0 radical (unpaired) electrons. The Morgan fingerprint density at radius 1 is 0.861 bits per heavy atom. The lowest BCUT2D eigenvalue weighted by Gasteiger charge is -2.68. The molecule has 0 heterocycles. The number of rotatable bonds is 6. The van der Waals surface area contributed by atoms with Gasteiger partial charge in [0.15, 0.2) is 0 Å². The number of aliphatic hydroxyl groups is 2. The molecule has 194 valence electrons. The normalized spacial score (nSPS) is 45.3. The van der Waals surface area contributed by atoms with E-state index in [0.717, 1.165) is 32.1 Å². The van der Waals surface area contributed by atoms with Crippen LogP contribution in [0.1, 0.15) is 71.6 Å². The van der Waals surface area contributed by atoms with Gasteiger partial charge in [0.1, 0.15) is 15.7 Å². The monoisotopic (exact) mass is 490 g/mol. The molecule has 4 nitrogen and oxygen atoms in total. The SMILES string of the molecule is BC(B)(CC[C@H]1CC[C@H]2[C@@H]3[C@H](O)[C@H](C(B)(B)C(B)(B)B)[C@@H]4C[C@H](O)CC[C@]4(C)[C@H]3CC[C@]12C)C(=O)O. The van der Waals surface area contributed by atoms with Crippen molar-refractivity contribution >= 4 is 60.9 Å². The Hall–Kier alpha value is -0.155. The summed E-state index contributed by atoms with van der Waals surface area (Å²) >= 11 is 0. The minimum atomic E-state index is -0.695. The molecule has 0 aliphatic heterocycles. The maximum absolute atomic E-state index is 12.4. The highest BCUT2D eigenvalue weighted by Crippen LogP contribution is 2.71. The van der Waals surface area contributed by atoms with Gasteiger partial charge in [0, 0.05) is 5.21 Å². The Morgan fingerprint density at radius 3 is 2.03 bits per heavy atom. The van der Waals surface area contributed by atoms with E-state index in [1.165, 1.54) is 25.7 Å². The molecule has 0 aromatic rings. The largest absolute Gasteiger partial charge is 0.482 e. The van der Waals surface area contributed by atoms with E-state index in [1.807, 2.05) is 15.7 Å². The van der Waals surface area contributed by atoms with Crippen LogP contribution < -0.4 is 0 Å². The van der Waals surface area contributed by atoms with Crippen molar-refractivity contribution in [1.29, 1.82) is 0 Å². The summed E-state index contributed by atoms with van der Waals surface area (Å²) in [6.45, 7) is 5.00. The van der Waals surface area contributed by atoms with Crippen LogP contribution in [-0.4, -0.2) is 88.4 Å². The lowest BCUT2D eigenvalue weighted by Crippen LogP contribution is -2.65. The lowest BCUT2D eigenvalue weighted by molar-refractivity contribution is -0.205. The molecular weight excluding hydrogens is 440 g/mol. The number of aliphatic carboxylic acids is 1. The second-order valence-corrected chi connectivity index (χ2v) is 16.4. The first-order chi connectivity index (χ1) is 16.4. The molecular formula is C25H49B7O4. The van der Waals surface area contributed by atoms with Gasteiger partial charge < -0.3 is 15.3 Å². The fourth-order valence-electron chi connectivity index (χ4n) is 9.93. The van der Waals surface area contributed by atoms with Gasteiger partial charge in [-0.05, 0) is 91.3 Å². The highest BCUT2D eigenvalue weighted by atomic mass is 16.4. The molecule has 0 amide bonds. The summed E-state index contributed by atoms with van der Waals surface area (Å²) in [5.41, 5.74) is 0.353. The van der Waals surface area contributed by atoms with Gasteiger partial charge in [0.05, 0.1) is 51.4 Å². The quantitative estimate of drug-likeness (QED) is 0.371. The smallest absolute Gasteiger partial charge is 0.293 e. The zero-order chi connectivity index (χ0) is 27.1. The Balaban J connectivity index is 1.69. The Labute approximate surface area is 226 Å². The van der Waals surface area contributed by atoms with Crippen molar-refractivity contribution in [3.8, 4) is 0 Å². The van der Waals surface area contributed by atoms with Crippen molar-refractivity contribution in [1.82, 2.24) is 0 Å². The van der Waals surface area contributed by atoms with Crippen LogP contribution in [-0.2, 0) is 4.79 Å². The topological polar surface area (TPSA) is 77.8 Å². The first-order valence-electron chi connectivity index (χ1n) is 15.0. The second-order valence-electron chi connectivity index (χ2n) is 16.4. The number of hydrogen-bond donors (Lipinski definition) is 3. The number of carbonyl (C=O) groups is 1. The first kappa shape index (κ1) is 28.8. The average Bonchev–Trinajstić information content (AvgIpc) is 3.09. The zero-order valence-electron chi connectivity index (χ0n) is 24.7. The minimum absolute atomic E-state index is 0.0490. The summed E-state index contributed by atoms with van der Waals surface area (Å²) < 4.78 is 0. The molecule has 4 saturated carbocycles. The highest BCUT2D eigenvalue weighted by Gasteiger charge is 2.67. The predicted octanol–water partition coefficient (Wildman–Crippen LogP) is -2.19. The minimum Gasteiger partial charge on any atom is -0.482 e. The van der Waals surface area contributed by atoms with E-state index in [9.17, 15) is 20.1 Å². The average molecular weight is 489 g/mol. The van der Waals surface area contributed by atoms with Gasteiger partial charge in [-0.15, -0.1) is 5.11 Å². The Morgan fingerprint density at radius 2 is 1.44 bits per heavy atom. The highest BCUT2D eigenvalue weighted by molar-refractivity contribution is 6.67. The van der Waals surface area contributed by atoms with Gasteiger partial charge in [-0.3, -0.25) is 4.79 Å². The first-order valence-corrected chi connectivity index (χ1v) is 15.0. The zero-order valence-corrected chi connectivity index (χ0v) is 24.7. The molecule has 4 rings (SSSR count). The van der Waals surface area contributed by atoms with Crippen LogP contribution >= 0.6 is 0 Å². The third-order valence-corrected chi connectivity index (χ3v) is 13.4. The van der Waals surface area contributed by atoms with Gasteiger partial charge >= 0.3 is 0 Å². The van der Waals surface area contributed by atoms with Gasteiger partial charge in [-0.1, -0.05) is 31.9 Å². The van der Waals surface area contributed by atoms with Crippen LogP contribution in [0, 0.1) is 46.3 Å². The molecule has 4 fully saturated rings. The van der Waals surface area contributed by atoms with Gasteiger partial charge in [0.25, 0.3) is 5.97 Å². The predicted molar refractivity (Wildman–Crippen MR) is 166 cm³/mol. The summed E-state index contributed by atoms with van der Waals surface area (Å²) in [5.74, 6) is 1.71. The van der Waals surface area contributed by atoms with Crippen LogP contribution in [0.5, 0.6) is 0 Å². The van der Waals surface area contributed by atoms with Crippen molar-refractivity contribution < 1.29 is 20.1 Å². The molecule has 36 heavy (non-hydrogen) atoms. The molecule has 0 saturated heterocycles. The molecule has 0 aromatic heterocycles. The summed E-state index contributed by atoms with van der Waals surface area (Å²) in [4.78, 5) is 11.8. The van der Waals surface area contributed by atoms with Crippen molar-refractivity contribution in [2.75, 3.05) is 0 Å². The molecule has 11 heteroatoms. The summed E-state index contributed by atoms with van der Waals surface area (Å²) in [6.07, 6.45) is 8.60. The van der Waals surface area contributed by atoms with Gasteiger partial charge in [0.2, 0.25) is 0 Å². The van der Waals surface area contributed by atoms with Crippen molar-refractivity contribution in [2.45, 2.75) is 99.4 Å². The number of carboxylic acid groups (broad SMARTS) is 1. The third kappa shape index (κ3) is 4.33. The van der Waals surface area contributed by atoms with E-state index in [0.29, 0.717) is 29.6 Å². The molecule has 4 aliphatic rings. The van der Waals surface area contributed by atoms with Crippen molar-refractivity contribution in [3.63, 3.8) is 0 Å². The standard InChI is InChI=1S/C25H49B7O4/c1-21-9-7-15-17(14(21)4-3-12(21)5-10-23(26,27)20(35)36)19(34)18(24(28,29)25(30,31)32)16-11-13(33)6-8-22(15,16)2/h12-19,33-34H,3-11,26-32H2,1-2H3,(H,35,36)/t12-,13-,14+,15+,16+,17+,18-,19+,21-,22-/m1/s1. The van der Waals surface area contributed by atoms with Crippen molar-refractivity contribution in [3.05, 3.63) is 0 Å². The van der Waals surface area contributed by atoms with Crippen LogP contribution in [0.4, 0.5) is 0 Å². The molecule has 0 unspecified atom stereocenters. The van der Waals surface area contributed by atoms with E-state index in [-0.39, 0.29) is 39.3 Å². The summed E-state index contributed by atoms with van der Waals surface area (Å²) in [6, 6.07) is 0. The maximum atomic E-state index is 12.4. The molecule has 3 N–H and O–H groups in total. The number of hydrogen-bond acceptors (Lipinski definition) is 3.